The van der Waals surface area contributed by atoms with Crippen molar-refractivity contribution in [2.24, 2.45) is 0 Å². The highest BCUT2D eigenvalue weighted by molar-refractivity contribution is 6.32. The normalized spacial score (nSPS) is 17.9. The van der Waals surface area contributed by atoms with Crippen molar-refractivity contribution < 1.29 is 19.2 Å². The SMILES string of the molecule is CC1(C)C(=O)N(CCCCCN2C(=O)N(c3ccc(C#N)c(Cl)c3)C(C)(C)C2=O)C(=O)N1c1ccc(C#N)c(Cl)c1. The molecule has 6 amide bonds. The van der Waals surface area contributed by atoms with Crippen LogP contribution in [0, 0.1) is 22.7 Å². The van der Waals surface area contributed by atoms with Gasteiger partial charge < -0.3 is 0 Å². The van der Waals surface area contributed by atoms with E-state index in [2.05, 4.69) is 0 Å². The van der Waals surface area contributed by atoms with E-state index in [-0.39, 0.29) is 46.1 Å². The van der Waals surface area contributed by atoms with Crippen LogP contribution in [0.15, 0.2) is 36.4 Å². The van der Waals surface area contributed by atoms with Gasteiger partial charge in [0.2, 0.25) is 0 Å². The van der Waals surface area contributed by atoms with E-state index < -0.39 is 23.1 Å². The summed E-state index contributed by atoms with van der Waals surface area (Å²) < 4.78 is 0. The van der Waals surface area contributed by atoms with E-state index in [9.17, 15) is 19.2 Å². The molecule has 0 aliphatic carbocycles. The molecule has 0 saturated carbocycles. The number of unbranched alkanes of at least 4 members (excludes halogenated alkanes) is 2. The molecule has 212 valence electrons. The lowest BCUT2D eigenvalue weighted by molar-refractivity contribution is -0.130. The average molecular weight is 595 g/mol. The Balaban J connectivity index is 1.37. The van der Waals surface area contributed by atoms with Crippen molar-refractivity contribution >= 4 is 58.5 Å². The number of nitriles is 2. The molecule has 10 nitrogen and oxygen atoms in total. The molecule has 0 aromatic heterocycles. The molecular formula is C29H28Cl2N6O4. The second kappa shape index (κ2) is 11.0. The van der Waals surface area contributed by atoms with E-state index in [0.717, 1.165) is 0 Å². The number of hydrogen-bond donors (Lipinski definition) is 0. The maximum absolute atomic E-state index is 13.3. The molecule has 0 radical (unpaired) electrons. The minimum atomic E-state index is -1.15. The number of benzene rings is 2. The molecule has 4 rings (SSSR count). The summed E-state index contributed by atoms with van der Waals surface area (Å²) in [4.78, 5) is 57.9. The van der Waals surface area contributed by atoms with Gasteiger partial charge in [0.1, 0.15) is 23.2 Å². The van der Waals surface area contributed by atoms with E-state index in [1.54, 1.807) is 39.8 Å². The molecule has 0 spiro atoms. The number of amides is 6. The summed E-state index contributed by atoms with van der Waals surface area (Å²) >= 11 is 12.3. The largest absolute Gasteiger partial charge is 0.332 e. The molecule has 2 aliphatic rings. The lowest BCUT2D eigenvalue weighted by Crippen LogP contribution is -2.44. The minimum absolute atomic E-state index is 0.171. The Morgan fingerprint density at radius 3 is 1.34 bits per heavy atom. The molecular weight excluding hydrogens is 567 g/mol. The fourth-order valence-electron chi connectivity index (χ4n) is 5.19. The number of halogens is 2. The van der Waals surface area contributed by atoms with Gasteiger partial charge in [-0.1, -0.05) is 23.2 Å². The lowest BCUT2D eigenvalue weighted by Gasteiger charge is -2.28. The van der Waals surface area contributed by atoms with E-state index >= 15 is 0 Å². The van der Waals surface area contributed by atoms with Crippen LogP contribution in [-0.2, 0) is 9.59 Å². The first kappa shape index (κ1) is 29.9. The van der Waals surface area contributed by atoms with Gasteiger partial charge in [-0.15, -0.1) is 0 Å². The molecule has 0 atom stereocenters. The quantitative estimate of drug-likeness (QED) is 0.284. The summed E-state index contributed by atoms with van der Waals surface area (Å²) in [5, 5.41) is 18.7. The Bertz CT molecular complexity index is 1430. The molecule has 2 aromatic carbocycles. The number of carbonyl (C=O) groups excluding carboxylic acids is 4. The Labute approximate surface area is 248 Å². The number of imide groups is 2. The summed E-state index contributed by atoms with van der Waals surface area (Å²) in [5.41, 5.74) is -0.919. The van der Waals surface area contributed by atoms with Crippen molar-refractivity contribution in [3.05, 3.63) is 57.6 Å². The van der Waals surface area contributed by atoms with Crippen molar-refractivity contribution in [3.8, 4) is 12.1 Å². The van der Waals surface area contributed by atoms with E-state index in [1.807, 2.05) is 12.1 Å². The third kappa shape index (κ3) is 5.10. The van der Waals surface area contributed by atoms with Crippen molar-refractivity contribution in [1.82, 2.24) is 9.80 Å². The fourth-order valence-corrected chi connectivity index (χ4v) is 5.62. The van der Waals surface area contributed by atoms with E-state index in [0.29, 0.717) is 30.6 Å². The highest BCUT2D eigenvalue weighted by Crippen LogP contribution is 2.37. The fraction of sp³-hybridized carbons (Fsp3) is 0.379. The molecule has 2 saturated heterocycles. The van der Waals surface area contributed by atoms with Crippen LogP contribution in [0.3, 0.4) is 0 Å². The molecule has 2 fully saturated rings. The third-order valence-electron chi connectivity index (χ3n) is 7.43. The van der Waals surface area contributed by atoms with Gasteiger partial charge >= 0.3 is 12.1 Å². The Morgan fingerprint density at radius 1 is 0.659 bits per heavy atom. The smallest absolute Gasteiger partial charge is 0.279 e. The zero-order chi connectivity index (χ0) is 30.3. The zero-order valence-corrected chi connectivity index (χ0v) is 24.6. The average Bonchev–Trinajstić information content (AvgIpc) is 3.19. The van der Waals surface area contributed by atoms with Crippen LogP contribution in [-0.4, -0.2) is 57.8 Å². The third-order valence-corrected chi connectivity index (χ3v) is 8.05. The van der Waals surface area contributed by atoms with Gasteiger partial charge in [-0.05, 0) is 83.4 Å². The van der Waals surface area contributed by atoms with Gasteiger partial charge in [-0.3, -0.25) is 29.2 Å². The number of rotatable bonds is 8. The topological polar surface area (TPSA) is 129 Å². The zero-order valence-electron chi connectivity index (χ0n) is 23.1. The van der Waals surface area contributed by atoms with Gasteiger partial charge in [0.15, 0.2) is 0 Å². The summed E-state index contributed by atoms with van der Waals surface area (Å²) in [5.74, 6) is -0.710. The van der Waals surface area contributed by atoms with Crippen molar-refractivity contribution in [2.75, 3.05) is 22.9 Å². The van der Waals surface area contributed by atoms with Gasteiger partial charge in [-0.25, -0.2) is 9.59 Å². The van der Waals surface area contributed by atoms with E-state index in [4.69, 9.17) is 33.7 Å². The van der Waals surface area contributed by atoms with Crippen LogP contribution in [0.2, 0.25) is 10.0 Å². The Kier molecular flexibility index (Phi) is 8.04. The Hall–Kier alpha value is -4.12. The minimum Gasteiger partial charge on any atom is -0.279 e. The van der Waals surface area contributed by atoms with Gasteiger partial charge in [-0.2, -0.15) is 10.5 Å². The number of carbonyl (C=O) groups is 4. The van der Waals surface area contributed by atoms with Crippen LogP contribution >= 0.6 is 23.2 Å². The van der Waals surface area contributed by atoms with Crippen LogP contribution in [0.25, 0.3) is 0 Å². The Morgan fingerprint density at radius 2 is 1.02 bits per heavy atom. The van der Waals surface area contributed by atoms with Crippen LogP contribution in [0.1, 0.15) is 58.1 Å². The second-order valence-corrected chi connectivity index (χ2v) is 11.7. The first-order chi connectivity index (χ1) is 19.3. The summed E-state index contributed by atoms with van der Waals surface area (Å²) in [6, 6.07) is 12.2. The number of nitrogens with zero attached hydrogens (tertiary/aromatic N) is 6. The first-order valence-electron chi connectivity index (χ1n) is 13.0. The second-order valence-electron chi connectivity index (χ2n) is 10.9. The molecule has 0 bridgehead atoms. The number of urea groups is 2. The van der Waals surface area contributed by atoms with Crippen molar-refractivity contribution in [3.63, 3.8) is 0 Å². The standard InChI is InChI=1S/C29H28Cl2N6O4/c1-28(2)24(38)34(26(40)36(28)20-10-8-18(16-32)22(30)14-20)12-6-5-7-13-35-25(39)29(3,4)37(27(35)41)21-11-9-19(17-33)23(31)15-21/h8-11,14-15H,5-7,12-13H2,1-4H3. The molecule has 0 unspecified atom stereocenters. The predicted octanol–water partition coefficient (Wildman–Crippen LogP) is 5.70. The molecule has 0 N–H and O–H groups in total. The van der Waals surface area contributed by atoms with Gasteiger partial charge in [0, 0.05) is 24.5 Å². The van der Waals surface area contributed by atoms with Crippen LogP contribution < -0.4 is 9.80 Å². The van der Waals surface area contributed by atoms with Crippen LogP contribution in [0.5, 0.6) is 0 Å². The highest BCUT2D eigenvalue weighted by Gasteiger charge is 2.53. The summed E-state index contributed by atoms with van der Waals surface area (Å²) in [6.45, 7) is 6.95. The maximum atomic E-state index is 13.3. The lowest BCUT2D eigenvalue weighted by atomic mass is 10.0. The van der Waals surface area contributed by atoms with E-state index in [1.165, 1.54) is 43.9 Å². The maximum Gasteiger partial charge on any atom is 0.332 e. The summed E-state index contributed by atoms with van der Waals surface area (Å²) in [7, 11) is 0. The van der Waals surface area contributed by atoms with Crippen LogP contribution in [0.4, 0.5) is 21.0 Å². The van der Waals surface area contributed by atoms with Gasteiger partial charge in [0.05, 0.1) is 21.2 Å². The molecule has 2 heterocycles. The first-order valence-corrected chi connectivity index (χ1v) is 13.7. The van der Waals surface area contributed by atoms with Crippen molar-refractivity contribution in [1.29, 1.82) is 10.5 Å². The molecule has 2 aliphatic heterocycles. The predicted molar refractivity (Wildman–Crippen MR) is 154 cm³/mol. The molecule has 41 heavy (non-hydrogen) atoms. The number of anilines is 2. The molecule has 12 heteroatoms. The van der Waals surface area contributed by atoms with Crippen molar-refractivity contribution in [2.45, 2.75) is 58.0 Å². The number of hydrogen-bond acceptors (Lipinski definition) is 6. The molecule has 2 aromatic rings. The highest BCUT2D eigenvalue weighted by atomic mass is 35.5. The van der Waals surface area contributed by atoms with Gasteiger partial charge in [0.25, 0.3) is 11.8 Å². The monoisotopic (exact) mass is 594 g/mol. The summed E-state index contributed by atoms with van der Waals surface area (Å²) in [6.07, 6.45) is 1.51.